The zero-order valence-corrected chi connectivity index (χ0v) is 11.2. The van der Waals surface area contributed by atoms with Crippen LogP contribution in [0.5, 0.6) is 5.88 Å². The normalized spacial score (nSPS) is 20.6. The molecule has 0 bridgehead atoms. The first-order chi connectivity index (χ1) is 8.70. The topological polar surface area (TPSA) is 60.6 Å². The SMILES string of the molecule is COc1ncccc1CN1CCOC(C(N)=S)C1. The van der Waals surface area contributed by atoms with Crippen molar-refractivity contribution in [2.75, 3.05) is 26.8 Å². The van der Waals surface area contributed by atoms with E-state index in [9.17, 15) is 0 Å². The summed E-state index contributed by atoms with van der Waals surface area (Å²) in [6.07, 6.45) is 1.57. The van der Waals surface area contributed by atoms with Crippen LogP contribution in [0.2, 0.25) is 0 Å². The Bertz CT molecular complexity index is 428. The Morgan fingerprint density at radius 3 is 3.28 bits per heavy atom. The van der Waals surface area contributed by atoms with Crippen LogP contribution in [0.15, 0.2) is 18.3 Å². The number of morpholine rings is 1. The largest absolute Gasteiger partial charge is 0.481 e. The van der Waals surface area contributed by atoms with E-state index in [1.54, 1.807) is 13.3 Å². The van der Waals surface area contributed by atoms with Gasteiger partial charge in [-0.05, 0) is 6.07 Å². The van der Waals surface area contributed by atoms with Crippen LogP contribution in [0.4, 0.5) is 0 Å². The minimum absolute atomic E-state index is 0.156. The van der Waals surface area contributed by atoms with Crippen molar-refractivity contribution in [1.82, 2.24) is 9.88 Å². The smallest absolute Gasteiger partial charge is 0.217 e. The van der Waals surface area contributed by atoms with Gasteiger partial charge in [-0.3, -0.25) is 4.90 Å². The van der Waals surface area contributed by atoms with Gasteiger partial charge in [0.15, 0.2) is 0 Å². The van der Waals surface area contributed by atoms with Crippen molar-refractivity contribution in [3.05, 3.63) is 23.9 Å². The predicted octanol–water partition coefficient (Wildman–Crippen LogP) is 0.577. The molecule has 1 aromatic heterocycles. The molecule has 98 valence electrons. The van der Waals surface area contributed by atoms with Crippen LogP contribution < -0.4 is 10.5 Å². The van der Waals surface area contributed by atoms with Gasteiger partial charge in [0.25, 0.3) is 0 Å². The summed E-state index contributed by atoms with van der Waals surface area (Å²) < 4.78 is 10.8. The lowest BCUT2D eigenvalue weighted by atomic mass is 10.2. The maximum atomic E-state index is 5.62. The molecule has 0 spiro atoms. The highest BCUT2D eigenvalue weighted by Crippen LogP contribution is 2.17. The van der Waals surface area contributed by atoms with E-state index in [2.05, 4.69) is 9.88 Å². The Hall–Kier alpha value is -1.24. The van der Waals surface area contributed by atoms with Crippen LogP contribution in [0.3, 0.4) is 0 Å². The second-order valence-corrected chi connectivity index (χ2v) is 4.64. The summed E-state index contributed by atoms with van der Waals surface area (Å²) in [6, 6.07) is 3.92. The summed E-state index contributed by atoms with van der Waals surface area (Å²) in [4.78, 5) is 6.84. The first-order valence-corrected chi connectivity index (χ1v) is 6.22. The molecule has 0 saturated carbocycles. The fourth-order valence-electron chi connectivity index (χ4n) is 1.99. The van der Waals surface area contributed by atoms with Crippen molar-refractivity contribution in [3.63, 3.8) is 0 Å². The van der Waals surface area contributed by atoms with Crippen LogP contribution in [0.25, 0.3) is 0 Å². The molecule has 5 nitrogen and oxygen atoms in total. The maximum Gasteiger partial charge on any atom is 0.217 e. The highest BCUT2D eigenvalue weighted by Gasteiger charge is 2.23. The minimum atomic E-state index is -0.156. The lowest BCUT2D eigenvalue weighted by molar-refractivity contribution is 0.00361. The Morgan fingerprint density at radius 1 is 1.72 bits per heavy atom. The average molecular weight is 267 g/mol. The van der Waals surface area contributed by atoms with Crippen LogP contribution >= 0.6 is 12.2 Å². The lowest BCUT2D eigenvalue weighted by Gasteiger charge is -2.32. The molecular formula is C12H17N3O2S. The fraction of sp³-hybridized carbons (Fsp3) is 0.500. The van der Waals surface area contributed by atoms with Gasteiger partial charge in [0.2, 0.25) is 5.88 Å². The first kappa shape index (κ1) is 13.2. The molecule has 0 aromatic carbocycles. The molecule has 0 radical (unpaired) electrons. The van der Waals surface area contributed by atoms with Crippen molar-refractivity contribution in [1.29, 1.82) is 0 Å². The predicted molar refractivity (Wildman–Crippen MR) is 72.6 cm³/mol. The highest BCUT2D eigenvalue weighted by molar-refractivity contribution is 7.80. The zero-order valence-electron chi connectivity index (χ0n) is 10.3. The average Bonchev–Trinajstić information content (AvgIpc) is 2.39. The monoisotopic (exact) mass is 267 g/mol. The Kier molecular flexibility index (Phi) is 4.46. The lowest BCUT2D eigenvalue weighted by Crippen LogP contribution is -2.47. The Balaban J connectivity index is 2.02. The third-order valence-electron chi connectivity index (χ3n) is 2.91. The van der Waals surface area contributed by atoms with Gasteiger partial charge >= 0.3 is 0 Å². The number of hydrogen-bond donors (Lipinski definition) is 1. The molecule has 1 aliphatic rings. The second kappa shape index (κ2) is 6.08. The van der Waals surface area contributed by atoms with Crippen molar-refractivity contribution >= 4 is 17.2 Å². The van der Waals surface area contributed by atoms with Gasteiger partial charge in [-0.15, -0.1) is 0 Å². The molecule has 2 rings (SSSR count). The van der Waals surface area contributed by atoms with Gasteiger partial charge < -0.3 is 15.2 Å². The van der Waals surface area contributed by atoms with E-state index in [1.165, 1.54) is 0 Å². The van der Waals surface area contributed by atoms with Gasteiger partial charge in [-0.1, -0.05) is 18.3 Å². The van der Waals surface area contributed by atoms with Gasteiger partial charge in [-0.25, -0.2) is 4.98 Å². The van der Waals surface area contributed by atoms with Crippen LogP contribution in [0.1, 0.15) is 5.56 Å². The molecule has 2 heterocycles. The number of rotatable bonds is 4. The quantitative estimate of drug-likeness (QED) is 0.805. The Morgan fingerprint density at radius 2 is 2.56 bits per heavy atom. The molecular weight excluding hydrogens is 250 g/mol. The molecule has 0 aliphatic carbocycles. The summed E-state index contributed by atoms with van der Waals surface area (Å²) in [7, 11) is 1.63. The molecule has 1 fully saturated rings. The number of hydrogen-bond acceptors (Lipinski definition) is 5. The van der Waals surface area contributed by atoms with E-state index in [0.717, 1.165) is 18.7 Å². The summed E-state index contributed by atoms with van der Waals surface area (Å²) in [5.74, 6) is 0.663. The number of pyridine rings is 1. The van der Waals surface area contributed by atoms with Crippen molar-refractivity contribution < 1.29 is 9.47 Å². The van der Waals surface area contributed by atoms with Crippen LogP contribution in [0, 0.1) is 0 Å². The first-order valence-electron chi connectivity index (χ1n) is 5.82. The molecule has 0 amide bonds. The standard InChI is InChI=1S/C12H17N3O2S/c1-16-12-9(3-2-4-14-12)7-15-5-6-17-10(8-15)11(13)18/h2-4,10H,5-8H2,1H3,(H2,13,18). The third kappa shape index (κ3) is 3.16. The molecule has 1 atom stereocenters. The molecule has 1 saturated heterocycles. The second-order valence-electron chi connectivity index (χ2n) is 4.17. The number of thiocarbonyl (C=S) groups is 1. The van der Waals surface area contributed by atoms with E-state index in [4.69, 9.17) is 27.4 Å². The van der Waals surface area contributed by atoms with Gasteiger partial charge in [-0.2, -0.15) is 0 Å². The van der Waals surface area contributed by atoms with Crippen molar-refractivity contribution in [3.8, 4) is 5.88 Å². The van der Waals surface area contributed by atoms with E-state index in [0.29, 0.717) is 24.0 Å². The number of nitrogens with zero attached hydrogens (tertiary/aromatic N) is 2. The summed E-state index contributed by atoms with van der Waals surface area (Å²) >= 11 is 4.97. The highest BCUT2D eigenvalue weighted by atomic mass is 32.1. The van der Waals surface area contributed by atoms with Crippen molar-refractivity contribution in [2.45, 2.75) is 12.6 Å². The molecule has 6 heteroatoms. The van der Waals surface area contributed by atoms with Gasteiger partial charge in [0.1, 0.15) is 11.1 Å². The Labute approximate surface area is 112 Å². The van der Waals surface area contributed by atoms with Gasteiger partial charge in [0.05, 0.1) is 13.7 Å². The summed E-state index contributed by atoms with van der Waals surface area (Å²) in [5.41, 5.74) is 6.68. The molecule has 1 unspecified atom stereocenters. The molecule has 18 heavy (non-hydrogen) atoms. The summed E-state index contributed by atoms with van der Waals surface area (Å²) in [6.45, 7) is 2.98. The fourth-order valence-corrected chi connectivity index (χ4v) is 2.13. The molecule has 1 aliphatic heterocycles. The maximum absolute atomic E-state index is 5.62. The number of ether oxygens (including phenoxy) is 2. The molecule has 2 N–H and O–H groups in total. The van der Waals surface area contributed by atoms with Gasteiger partial charge in [0, 0.05) is 31.4 Å². The molecule has 1 aromatic rings. The van der Waals surface area contributed by atoms with E-state index in [-0.39, 0.29) is 6.10 Å². The zero-order chi connectivity index (χ0) is 13.0. The number of aromatic nitrogens is 1. The number of nitrogens with two attached hydrogens (primary N) is 1. The van der Waals surface area contributed by atoms with Crippen LogP contribution in [-0.2, 0) is 11.3 Å². The van der Waals surface area contributed by atoms with E-state index < -0.39 is 0 Å². The number of methoxy groups -OCH3 is 1. The van der Waals surface area contributed by atoms with E-state index in [1.807, 2.05) is 12.1 Å². The minimum Gasteiger partial charge on any atom is -0.481 e. The van der Waals surface area contributed by atoms with Crippen LogP contribution in [-0.4, -0.2) is 47.8 Å². The van der Waals surface area contributed by atoms with Crippen molar-refractivity contribution in [2.24, 2.45) is 5.73 Å². The summed E-state index contributed by atoms with van der Waals surface area (Å²) in [5, 5.41) is 0. The third-order valence-corrected chi connectivity index (χ3v) is 3.17. The van der Waals surface area contributed by atoms with E-state index >= 15 is 0 Å².